The second kappa shape index (κ2) is 12.9. The molecule has 2 bridgehead atoms. The van der Waals surface area contributed by atoms with Crippen molar-refractivity contribution in [2.45, 2.75) is 43.9 Å². The molecule has 0 saturated carbocycles. The van der Waals surface area contributed by atoms with Crippen molar-refractivity contribution in [3.05, 3.63) is 87.1 Å². The third-order valence-corrected chi connectivity index (χ3v) is 14.5. The Morgan fingerprint density at radius 1 is 1.02 bits per heavy atom. The van der Waals surface area contributed by atoms with Gasteiger partial charge in [0.25, 0.3) is 15.7 Å². The summed E-state index contributed by atoms with van der Waals surface area (Å²) in [5, 5.41) is 32.5. The summed E-state index contributed by atoms with van der Waals surface area (Å²) < 4.78 is 37.2. The summed E-state index contributed by atoms with van der Waals surface area (Å²) in [6.07, 6.45) is -0.261. The highest BCUT2D eigenvalue weighted by atomic mass is 32.2. The van der Waals surface area contributed by atoms with Gasteiger partial charge in [-0.15, -0.1) is 0 Å². The fourth-order valence-corrected chi connectivity index (χ4v) is 11.2. The molecule has 9 rings (SSSR count). The number of nitrogens with zero attached hydrogens (tertiary/aromatic N) is 5. The van der Waals surface area contributed by atoms with Crippen molar-refractivity contribution in [1.29, 1.82) is 0 Å². The first-order valence-corrected chi connectivity index (χ1v) is 19.7. The van der Waals surface area contributed by atoms with Crippen LogP contribution in [0.4, 0.5) is 11.4 Å². The summed E-state index contributed by atoms with van der Waals surface area (Å²) in [7, 11) is -4.08. The number of piperazine rings is 3. The summed E-state index contributed by atoms with van der Waals surface area (Å²) in [6, 6.07) is 14.0. The molecule has 0 aromatic heterocycles. The number of carboxylic acid groups (broad SMARTS) is 1. The summed E-state index contributed by atoms with van der Waals surface area (Å²) in [4.78, 5) is 50.8. The molecule has 0 aliphatic carbocycles. The lowest BCUT2D eigenvalue weighted by Crippen LogP contribution is -2.75. The van der Waals surface area contributed by atoms with Crippen LogP contribution in [-0.4, -0.2) is 126 Å². The van der Waals surface area contributed by atoms with E-state index in [1.165, 1.54) is 40.4 Å². The molecule has 2 N–H and O–H groups in total. The van der Waals surface area contributed by atoms with Gasteiger partial charge in [-0.05, 0) is 53.3 Å². The first-order valence-electron chi connectivity index (χ1n) is 18.3. The number of carboxylic acids is 1. The van der Waals surface area contributed by atoms with E-state index in [1.54, 1.807) is 12.1 Å². The SMILES string of the molecule is C[C@@H](O)C1C(=O)N2C(C(=O)OCc3ccc([N+](=O)[O-])cc3)=C(CN3c4cccc5c(CC[N+]67CC[N+](CC(=O)O)(CC6)CC7)ccc(c45)S3(=O)=O)[C@H](C)C12. The van der Waals surface area contributed by atoms with Crippen LogP contribution in [0, 0.1) is 22.0 Å². The number of rotatable bonds is 12. The number of anilines is 1. The molecule has 0 spiro atoms. The lowest BCUT2D eigenvalue weighted by atomic mass is 9.78. The number of ether oxygens (including phenoxy) is 1. The lowest BCUT2D eigenvalue weighted by molar-refractivity contribution is -1.08. The number of benzene rings is 3. The average Bonchev–Trinajstić information content (AvgIpc) is 3.51. The molecule has 1 amide bonds. The zero-order valence-corrected chi connectivity index (χ0v) is 30.9. The van der Waals surface area contributed by atoms with Gasteiger partial charge in [0.15, 0.2) is 6.54 Å². The number of aliphatic hydroxyl groups is 1. The number of esters is 1. The average molecular weight is 762 g/mol. The van der Waals surface area contributed by atoms with Gasteiger partial charge in [-0.1, -0.05) is 25.1 Å². The van der Waals surface area contributed by atoms with Crippen LogP contribution < -0.4 is 4.31 Å². The number of carbonyl (C=O) groups excluding carboxylic acids is 2. The quantitative estimate of drug-likeness (QED) is 0.0914. The summed E-state index contributed by atoms with van der Waals surface area (Å²) in [6.45, 7) is 9.19. The molecule has 0 radical (unpaired) electrons. The highest BCUT2D eigenvalue weighted by Crippen LogP contribution is 2.50. The minimum atomic E-state index is -4.08. The highest BCUT2D eigenvalue weighted by molar-refractivity contribution is 7.93. The first-order chi connectivity index (χ1) is 25.7. The molecule has 284 valence electrons. The number of carbonyl (C=O) groups is 3. The van der Waals surface area contributed by atoms with E-state index in [4.69, 9.17) is 4.74 Å². The van der Waals surface area contributed by atoms with Crippen LogP contribution in [0.15, 0.2) is 70.8 Å². The molecule has 4 saturated heterocycles. The largest absolute Gasteiger partial charge is 0.477 e. The molecule has 3 aromatic rings. The van der Waals surface area contributed by atoms with E-state index in [2.05, 4.69) is 0 Å². The lowest BCUT2D eigenvalue weighted by Gasteiger charge is -2.55. The van der Waals surface area contributed by atoms with Crippen LogP contribution in [0.25, 0.3) is 10.8 Å². The number of fused-ring (bicyclic) bond motifs is 4. The van der Waals surface area contributed by atoms with E-state index in [-0.39, 0.29) is 36.0 Å². The molecular weight excluding hydrogens is 719 g/mol. The molecular formula is C38H43N5O10S+2. The number of hydrogen-bond donors (Lipinski definition) is 2. The van der Waals surface area contributed by atoms with Crippen LogP contribution in [-0.2, 0) is 42.2 Å². The van der Waals surface area contributed by atoms with Crippen molar-refractivity contribution >= 4 is 50.0 Å². The number of nitro groups is 1. The van der Waals surface area contributed by atoms with E-state index < -0.39 is 56.8 Å². The molecule has 6 aliphatic heterocycles. The van der Waals surface area contributed by atoms with Gasteiger partial charge >= 0.3 is 11.9 Å². The number of β-lactam (4-membered cyclic amide) rings is 1. The Balaban J connectivity index is 1.08. The Morgan fingerprint density at radius 3 is 2.31 bits per heavy atom. The Bertz CT molecular complexity index is 2230. The van der Waals surface area contributed by atoms with Crippen molar-refractivity contribution in [2.24, 2.45) is 11.8 Å². The maximum absolute atomic E-state index is 14.3. The first kappa shape index (κ1) is 36.1. The predicted molar refractivity (Wildman–Crippen MR) is 194 cm³/mol. The number of aliphatic carboxylic acids is 1. The summed E-state index contributed by atoms with van der Waals surface area (Å²) in [5.74, 6) is -3.28. The van der Waals surface area contributed by atoms with E-state index in [1.807, 2.05) is 25.1 Å². The molecule has 3 aromatic carbocycles. The van der Waals surface area contributed by atoms with Gasteiger partial charge < -0.3 is 28.8 Å². The van der Waals surface area contributed by atoms with Crippen LogP contribution in [0.3, 0.4) is 0 Å². The molecule has 2 unspecified atom stereocenters. The van der Waals surface area contributed by atoms with E-state index in [0.29, 0.717) is 26.7 Å². The second-order valence-electron chi connectivity index (χ2n) is 15.6. The zero-order chi connectivity index (χ0) is 38.3. The molecule has 6 heterocycles. The van der Waals surface area contributed by atoms with Gasteiger partial charge in [0, 0.05) is 29.9 Å². The van der Waals surface area contributed by atoms with Crippen LogP contribution >= 0.6 is 0 Å². The van der Waals surface area contributed by atoms with Gasteiger partial charge in [-0.2, -0.15) is 0 Å². The molecule has 4 fully saturated rings. The van der Waals surface area contributed by atoms with E-state index in [0.717, 1.165) is 67.7 Å². The highest BCUT2D eigenvalue weighted by Gasteiger charge is 2.60. The molecule has 4 atom stereocenters. The number of quaternary nitrogens is 2. The molecule has 15 nitrogen and oxygen atoms in total. The Morgan fingerprint density at radius 2 is 1.69 bits per heavy atom. The molecule has 16 heteroatoms. The summed E-state index contributed by atoms with van der Waals surface area (Å²) >= 11 is 0. The third kappa shape index (κ3) is 5.65. The van der Waals surface area contributed by atoms with Gasteiger partial charge in [-0.25, -0.2) is 18.0 Å². The number of nitro benzene ring substituents is 1. The van der Waals surface area contributed by atoms with Crippen molar-refractivity contribution in [2.75, 3.05) is 63.2 Å². The fraction of sp³-hybridized carbons (Fsp3) is 0.447. The third-order valence-electron chi connectivity index (χ3n) is 12.7. The monoisotopic (exact) mass is 761 g/mol. The number of sulfonamides is 1. The Hall–Kier alpha value is -4.90. The van der Waals surface area contributed by atoms with Crippen molar-refractivity contribution in [1.82, 2.24) is 4.90 Å². The maximum Gasteiger partial charge on any atom is 0.359 e. The minimum Gasteiger partial charge on any atom is -0.477 e. The van der Waals surface area contributed by atoms with Crippen LogP contribution in [0.5, 0.6) is 0 Å². The van der Waals surface area contributed by atoms with Crippen LogP contribution in [0.1, 0.15) is 25.0 Å². The summed E-state index contributed by atoms with van der Waals surface area (Å²) in [5.41, 5.74) is 2.25. The number of amides is 1. The zero-order valence-electron chi connectivity index (χ0n) is 30.1. The molecule has 54 heavy (non-hydrogen) atoms. The van der Waals surface area contributed by atoms with Gasteiger partial charge in [0.1, 0.15) is 51.6 Å². The van der Waals surface area contributed by atoms with Crippen LogP contribution in [0.2, 0.25) is 0 Å². The van der Waals surface area contributed by atoms with Crippen molar-refractivity contribution < 1.29 is 51.6 Å². The van der Waals surface area contributed by atoms with Crippen molar-refractivity contribution in [3.63, 3.8) is 0 Å². The maximum atomic E-state index is 14.3. The second-order valence-corrected chi connectivity index (χ2v) is 17.4. The van der Waals surface area contributed by atoms with Crippen molar-refractivity contribution in [3.8, 4) is 0 Å². The van der Waals surface area contributed by atoms with E-state index >= 15 is 0 Å². The number of non-ortho nitro benzene ring substituents is 1. The van der Waals surface area contributed by atoms with Gasteiger partial charge in [-0.3, -0.25) is 19.2 Å². The smallest absolute Gasteiger partial charge is 0.359 e. The number of aliphatic hydroxyl groups excluding tert-OH is 1. The predicted octanol–water partition coefficient (Wildman–Crippen LogP) is 2.40. The Kier molecular flexibility index (Phi) is 8.59. The minimum absolute atomic E-state index is 0.0432. The Labute approximate surface area is 312 Å². The van der Waals surface area contributed by atoms with Gasteiger partial charge in [0.05, 0.1) is 46.7 Å². The normalized spacial score (nSPS) is 28.3. The van der Waals surface area contributed by atoms with Gasteiger partial charge in [0.2, 0.25) is 5.91 Å². The fourth-order valence-electron chi connectivity index (χ4n) is 9.56. The number of hydrogen-bond acceptors (Lipinski definition) is 9. The molecule has 6 aliphatic rings. The van der Waals surface area contributed by atoms with E-state index in [9.17, 15) is 43.1 Å². The topological polar surface area (TPSA) is 185 Å². The standard InChI is InChI=1S/C38H42N5O10S/c1-23-29(36(40-35(23)33(24(2)44)37(40)47)38(48)53-22-25-6-9-27(10-7-25)41(49)50)20-39-30-5-3-4-28-26(8-11-31(34(28)30)54(39,51)52)12-13-42-14-17-43(18-15-42,19-16-42)21-32(45)46/h3-11,23-24,33,35,44H,12-22H2,1-2H3/q+1/p+1/t23-,24+,33?,35?,42?,43?/m0/s1.